The van der Waals surface area contributed by atoms with Crippen LogP contribution in [0.4, 0.5) is 0 Å². The monoisotopic (exact) mass is 322 g/mol. The van der Waals surface area contributed by atoms with Crippen molar-refractivity contribution >= 4 is 11.8 Å². The van der Waals surface area contributed by atoms with Crippen LogP contribution in [0.25, 0.3) is 0 Å². The van der Waals surface area contributed by atoms with E-state index in [2.05, 4.69) is 5.32 Å². The van der Waals surface area contributed by atoms with Gasteiger partial charge < -0.3 is 15.0 Å². The minimum Gasteiger partial charge on any atom is -0.376 e. The lowest BCUT2D eigenvalue weighted by Crippen LogP contribution is -2.40. The molecule has 0 radical (unpaired) electrons. The van der Waals surface area contributed by atoms with E-state index in [0.29, 0.717) is 25.6 Å². The molecular formula is C18H30N2O3. The molecule has 1 aliphatic carbocycles. The predicted octanol–water partition coefficient (Wildman–Crippen LogP) is 2.24. The van der Waals surface area contributed by atoms with Crippen LogP contribution in [0.3, 0.4) is 0 Å². The average Bonchev–Trinajstić information content (AvgIpc) is 3.14. The van der Waals surface area contributed by atoms with Gasteiger partial charge in [-0.1, -0.05) is 32.1 Å². The predicted molar refractivity (Wildman–Crippen MR) is 87.9 cm³/mol. The largest absolute Gasteiger partial charge is 0.376 e. The van der Waals surface area contributed by atoms with Gasteiger partial charge in [-0.25, -0.2) is 0 Å². The molecule has 0 spiro atoms. The Labute approximate surface area is 139 Å². The maximum Gasteiger partial charge on any atom is 0.225 e. The van der Waals surface area contributed by atoms with Crippen molar-refractivity contribution in [3.05, 3.63) is 0 Å². The van der Waals surface area contributed by atoms with E-state index in [9.17, 15) is 9.59 Å². The number of nitrogens with one attached hydrogen (secondary N) is 1. The first-order chi connectivity index (χ1) is 11.2. The van der Waals surface area contributed by atoms with Crippen LogP contribution in [0.15, 0.2) is 0 Å². The summed E-state index contributed by atoms with van der Waals surface area (Å²) < 4.78 is 5.54. The normalized spacial score (nSPS) is 30.3. The third-order valence-corrected chi connectivity index (χ3v) is 5.57. The van der Waals surface area contributed by atoms with Crippen LogP contribution in [0.5, 0.6) is 0 Å². The summed E-state index contributed by atoms with van der Waals surface area (Å²) in [6.07, 6.45) is 11.2. The molecule has 2 amide bonds. The van der Waals surface area contributed by atoms with Crippen molar-refractivity contribution in [2.24, 2.45) is 5.92 Å². The minimum atomic E-state index is -0.172. The second-order valence-electron chi connectivity index (χ2n) is 7.33. The fourth-order valence-corrected chi connectivity index (χ4v) is 4.17. The van der Waals surface area contributed by atoms with Crippen molar-refractivity contribution in [3.63, 3.8) is 0 Å². The Morgan fingerprint density at radius 3 is 2.52 bits per heavy atom. The molecule has 130 valence electrons. The lowest BCUT2D eigenvalue weighted by Gasteiger charge is -2.29. The second-order valence-corrected chi connectivity index (χ2v) is 7.33. The van der Waals surface area contributed by atoms with E-state index < -0.39 is 0 Å². The van der Waals surface area contributed by atoms with Crippen molar-refractivity contribution in [2.75, 3.05) is 19.7 Å². The molecule has 2 unspecified atom stereocenters. The first-order valence-electron chi connectivity index (χ1n) is 9.43. The number of nitrogens with zero attached hydrogens (tertiary/aromatic N) is 1. The maximum atomic E-state index is 12.4. The van der Waals surface area contributed by atoms with Gasteiger partial charge in [0, 0.05) is 32.2 Å². The highest BCUT2D eigenvalue weighted by atomic mass is 16.5. The number of carbonyl (C=O) groups is 2. The summed E-state index contributed by atoms with van der Waals surface area (Å²) in [6.45, 7) is 2.01. The van der Waals surface area contributed by atoms with Crippen molar-refractivity contribution in [1.82, 2.24) is 10.2 Å². The number of hydrogen-bond acceptors (Lipinski definition) is 3. The van der Waals surface area contributed by atoms with Gasteiger partial charge in [0.2, 0.25) is 11.8 Å². The molecule has 5 heteroatoms. The van der Waals surface area contributed by atoms with E-state index in [1.807, 2.05) is 4.90 Å². The zero-order valence-corrected chi connectivity index (χ0v) is 14.1. The number of amides is 2. The standard InChI is InChI=1S/C18H30N2O3/c21-17-11-14(18(22)19-12-16-9-6-10-23-16)13-20(17)15-7-4-2-1-3-5-8-15/h14-16H,1-13H2,(H,19,22). The number of carbonyl (C=O) groups excluding carboxylic acids is 2. The van der Waals surface area contributed by atoms with Gasteiger partial charge in [-0.15, -0.1) is 0 Å². The lowest BCUT2D eigenvalue weighted by atomic mass is 9.96. The van der Waals surface area contributed by atoms with E-state index in [1.54, 1.807) is 0 Å². The van der Waals surface area contributed by atoms with Crippen LogP contribution in [-0.2, 0) is 14.3 Å². The summed E-state index contributed by atoms with van der Waals surface area (Å²) in [7, 11) is 0. The molecule has 3 rings (SSSR count). The number of likely N-dealkylation sites (tertiary alicyclic amines) is 1. The molecule has 0 bridgehead atoms. The first kappa shape index (κ1) is 16.7. The van der Waals surface area contributed by atoms with Crippen LogP contribution < -0.4 is 5.32 Å². The molecule has 3 aliphatic rings. The molecule has 2 saturated heterocycles. The van der Waals surface area contributed by atoms with Gasteiger partial charge in [-0.2, -0.15) is 0 Å². The third-order valence-electron chi connectivity index (χ3n) is 5.57. The van der Waals surface area contributed by atoms with Crippen LogP contribution in [0, 0.1) is 5.92 Å². The van der Waals surface area contributed by atoms with Crippen molar-refractivity contribution < 1.29 is 14.3 Å². The van der Waals surface area contributed by atoms with Crippen LogP contribution >= 0.6 is 0 Å². The summed E-state index contributed by atoms with van der Waals surface area (Å²) in [6, 6.07) is 0.360. The molecule has 0 aromatic rings. The average molecular weight is 322 g/mol. The van der Waals surface area contributed by atoms with E-state index in [1.165, 1.54) is 32.1 Å². The van der Waals surface area contributed by atoms with Crippen molar-refractivity contribution in [3.8, 4) is 0 Å². The highest BCUT2D eigenvalue weighted by Gasteiger charge is 2.37. The smallest absolute Gasteiger partial charge is 0.225 e. The summed E-state index contributed by atoms with van der Waals surface area (Å²) in [5.41, 5.74) is 0. The fraction of sp³-hybridized carbons (Fsp3) is 0.889. The Morgan fingerprint density at radius 2 is 1.83 bits per heavy atom. The molecule has 2 heterocycles. The highest BCUT2D eigenvalue weighted by molar-refractivity contribution is 5.89. The number of hydrogen-bond donors (Lipinski definition) is 1. The van der Waals surface area contributed by atoms with Gasteiger partial charge in [-0.05, 0) is 25.7 Å². The second kappa shape index (κ2) is 8.13. The Balaban J connectivity index is 1.48. The zero-order valence-electron chi connectivity index (χ0n) is 14.1. The van der Waals surface area contributed by atoms with E-state index in [4.69, 9.17) is 4.74 Å². The Bertz CT molecular complexity index is 412. The number of rotatable bonds is 4. The van der Waals surface area contributed by atoms with Gasteiger partial charge in [0.25, 0.3) is 0 Å². The SMILES string of the molecule is O=C(NCC1CCCO1)C1CC(=O)N(C2CCCCCCC2)C1. The summed E-state index contributed by atoms with van der Waals surface area (Å²) >= 11 is 0. The molecule has 2 atom stereocenters. The van der Waals surface area contributed by atoms with Gasteiger partial charge >= 0.3 is 0 Å². The molecule has 2 aliphatic heterocycles. The van der Waals surface area contributed by atoms with Gasteiger partial charge in [-0.3, -0.25) is 9.59 Å². The van der Waals surface area contributed by atoms with Gasteiger partial charge in [0.1, 0.15) is 0 Å². The summed E-state index contributed by atoms with van der Waals surface area (Å²) in [5, 5.41) is 2.99. The fourth-order valence-electron chi connectivity index (χ4n) is 4.17. The Hall–Kier alpha value is -1.10. The quantitative estimate of drug-likeness (QED) is 0.863. The minimum absolute atomic E-state index is 0.0298. The maximum absolute atomic E-state index is 12.4. The molecule has 0 aromatic heterocycles. The van der Waals surface area contributed by atoms with Gasteiger partial charge in [0.05, 0.1) is 12.0 Å². The molecule has 3 fully saturated rings. The Morgan fingerprint density at radius 1 is 1.09 bits per heavy atom. The summed E-state index contributed by atoms with van der Waals surface area (Å²) in [4.78, 5) is 26.7. The van der Waals surface area contributed by atoms with Crippen LogP contribution in [0.1, 0.15) is 64.2 Å². The van der Waals surface area contributed by atoms with Crippen molar-refractivity contribution in [2.45, 2.75) is 76.4 Å². The molecular weight excluding hydrogens is 292 g/mol. The molecule has 5 nitrogen and oxygen atoms in total. The van der Waals surface area contributed by atoms with Gasteiger partial charge in [0.15, 0.2) is 0 Å². The lowest BCUT2D eigenvalue weighted by molar-refractivity contribution is -0.130. The third kappa shape index (κ3) is 4.46. The van der Waals surface area contributed by atoms with E-state index in [0.717, 1.165) is 32.3 Å². The van der Waals surface area contributed by atoms with Crippen LogP contribution in [-0.4, -0.2) is 48.6 Å². The van der Waals surface area contributed by atoms with E-state index >= 15 is 0 Å². The number of ether oxygens (including phenoxy) is 1. The van der Waals surface area contributed by atoms with Crippen molar-refractivity contribution in [1.29, 1.82) is 0 Å². The summed E-state index contributed by atoms with van der Waals surface area (Å²) in [5.74, 6) is 0.0318. The highest BCUT2D eigenvalue weighted by Crippen LogP contribution is 2.27. The first-order valence-corrected chi connectivity index (χ1v) is 9.43. The molecule has 1 saturated carbocycles. The van der Waals surface area contributed by atoms with E-state index in [-0.39, 0.29) is 23.8 Å². The molecule has 23 heavy (non-hydrogen) atoms. The molecule has 1 N–H and O–H groups in total. The zero-order chi connectivity index (χ0) is 16.1. The Kier molecular flexibility index (Phi) is 5.92. The van der Waals surface area contributed by atoms with Crippen LogP contribution in [0.2, 0.25) is 0 Å². The molecule has 0 aromatic carbocycles. The topological polar surface area (TPSA) is 58.6 Å².